The summed E-state index contributed by atoms with van der Waals surface area (Å²) in [6.07, 6.45) is 0. The van der Waals surface area contributed by atoms with Gasteiger partial charge in [0.2, 0.25) is 0 Å². The molecule has 5 nitrogen and oxygen atoms in total. The first-order valence-electron chi connectivity index (χ1n) is 6.50. The van der Waals surface area contributed by atoms with Crippen molar-refractivity contribution in [1.82, 2.24) is 4.98 Å². The average Bonchev–Trinajstić information content (AvgIpc) is 2.48. The normalized spacial score (nSPS) is 11.1. The fraction of sp³-hybridized carbons (Fsp3) is 0.200. The molecule has 1 aromatic carbocycles. The first-order valence-corrected chi connectivity index (χ1v) is 8.15. The van der Waals surface area contributed by atoms with Crippen molar-refractivity contribution in [3.05, 3.63) is 53.9 Å². The van der Waals surface area contributed by atoms with E-state index in [-0.39, 0.29) is 16.6 Å². The summed E-state index contributed by atoms with van der Waals surface area (Å²) in [6, 6.07) is 11.3. The molecule has 0 aliphatic carbocycles. The van der Waals surface area contributed by atoms with Crippen molar-refractivity contribution in [3.8, 4) is 0 Å². The Labute approximate surface area is 124 Å². The Morgan fingerprint density at radius 2 is 1.81 bits per heavy atom. The van der Waals surface area contributed by atoms with Crippen LogP contribution in [-0.4, -0.2) is 25.1 Å². The molecule has 0 spiro atoms. The number of carbonyl (C=O) groups is 1. The van der Waals surface area contributed by atoms with E-state index in [1.165, 1.54) is 12.1 Å². The molecule has 2 aromatic rings. The summed E-state index contributed by atoms with van der Waals surface area (Å²) in [5.74, 6) is -0.281. The number of nitrogens with one attached hydrogen (secondary N) is 1. The number of amides is 1. The van der Waals surface area contributed by atoms with Crippen molar-refractivity contribution < 1.29 is 13.2 Å². The van der Waals surface area contributed by atoms with Crippen LogP contribution in [0.5, 0.6) is 0 Å². The topological polar surface area (TPSA) is 76.1 Å². The quantitative estimate of drug-likeness (QED) is 0.941. The molecule has 110 valence electrons. The number of pyridine rings is 1. The molecule has 1 amide bonds. The van der Waals surface area contributed by atoms with Crippen LogP contribution in [0.25, 0.3) is 0 Å². The number of aromatic nitrogens is 1. The molecule has 1 aromatic heterocycles. The van der Waals surface area contributed by atoms with Crippen LogP contribution in [0, 0.1) is 6.92 Å². The second-order valence-electron chi connectivity index (χ2n) is 4.55. The van der Waals surface area contributed by atoms with Gasteiger partial charge < -0.3 is 5.32 Å². The second-order valence-corrected chi connectivity index (χ2v) is 6.82. The van der Waals surface area contributed by atoms with Gasteiger partial charge in [-0.05, 0) is 43.3 Å². The first kappa shape index (κ1) is 15.2. The highest BCUT2D eigenvalue weighted by Gasteiger charge is 2.12. The summed E-state index contributed by atoms with van der Waals surface area (Å²) < 4.78 is 23.4. The standard InChI is InChI=1S/C15H16N2O3S/c1-3-21(19,20)13-9-7-12(8-10-13)17-15(18)14-6-4-5-11(2)16-14/h4-10H,3H2,1-2H3,(H,17,18). The average molecular weight is 304 g/mol. The molecule has 0 aliphatic heterocycles. The lowest BCUT2D eigenvalue weighted by molar-refractivity contribution is 0.102. The number of carbonyl (C=O) groups excluding carboxylic acids is 1. The van der Waals surface area contributed by atoms with Crippen molar-refractivity contribution in [2.75, 3.05) is 11.1 Å². The zero-order chi connectivity index (χ0) is 15.5. The molecule has 0 radical (unpaired) electrons. The van der Waals surface area contributed by atoms with Gasteiger partial charge in [-0.15, -0.1) is 0 Å². The molecular weight excluding hydrogens is 288 g/mol. The van der Waals surface area contributed by atoms with Crippen LogP contribution < -0.4 is 5.32 Å². The summed E-state index contributed by atoms with van der Waals surface area (Å²) in [7, 11) is -3.23. The number of sulfone groups is 1. The minimum absolute atomic E-state index is 0.0475. The molecule has 0 unspecified atom stereocenters. The molecule has 1 N–H and O–H groups in total. The van der Waals surface area contributed by atoms with Crippen LogP contribution in [-0.2, 0) is 9.84 Å². The lowest BCUT2D eigenvalue weighted by Gasteiger charge is -2.06. The molecule has 0 atom stereocenters. The Kier molecular flexibility index (Phi) is 4.37. The number of anilines is 1. The Morgan fingerprint density at radius 1 is 1.14 bits per heavy atom. The van der Waals surface area contributed by atoms with Crippen molar-refractivity contribution in [3.63, 3.8) is 0 Å². The lowest BCUT2D eigenvalue weighted by atomic mass is 10.2. The van der Waals surface area contributed by atoms with Crippen molar-refractivity contribution >= 4 is 21.4 Å². The van der Waals surface area contributed by atoms with E-state index < -0.39 is 9.84 Å². The summed E-state index contributed by atoms with van der Waals surface area (Å²) in [5, 5.41) is 2.69. The molecule has 0 saturated heterocycles. The number of aryl methyl sites for hydroxylation is 1. The highest BCUT2D eigenvalue weighted by atomic mass is 32.2. The zero-order valence-corrected chi connectivity index (χ0v) is 12.6. The second kappa shape index (κ2) is 6.05. The van der Waals surface area contributed by atoms with Crippen LogP contribution in [0.1, 0.15) is 23.1 Å². The van der Waals surface area contributed by atoms with Gasteiger partial charge in [-0.1, -0.05) is 13.0 Å². The Morgan fingerprint density at radius 3 is 2.38 bits per heavy atom. The van der Waals surface area contributed by atoms with E-state index in [0.29, 0.717) is 11.4 Å². The third-order valence-corrected chi connectivity index (χ3v) is 4.72. The highest BCUT2D eigenvalue weighted by molar-refractivity contribution is 7.91. The lowest BCUT2D eigenvalue weighted by Crippen LogP contribution is -2.14. The molecule has 0 fully saturated rings. The molecule has 6 heteroatoms. The number of benzene rings is 1. The van der Waals surface area contributed by atoms with E-state index in [1.54, 1.807) is 44.2 Å². The summed E-state index contributed by atoms with van der Waals surface area (Å²) >= 11 is 0. The monoisotopic (exact) mass is 304 g/mol. The number of hydrogen-bond donors (Lipinski definition) is 1. The number of nitrogens with zero attached hydrogens (tertiary/aromatic N) is 1. The number of rotatable bonds is 4. The maximum atomic E-state index is 12.0. The molecule has 0 saturated carbocycles. The van der Waals surface area contributed by atoms with Gasteiger partial charge in [0.25, 0.3) is 5.91 Å². The minimum atomic E-state index is -3.23. The third-order valence-electron chi connectivity index (χ3n) is 2.97. The van der Waals surface area contributed by atoms with Gasteiger partial charge in [-0.25, -0.2) is 13.4 Å². The van der Waals surface area contributed by atoms with Crippen LogP contribution in [0.15, 0.2) is 47.4 Å². The maximum Gasteiger partial charge on any atom is 0.274 e. The Balaban J connectivity index is 2.16. The molecule has 1 heterocycles. The van der Waals surface area contributed by atoms with Crippen molar-refractivity contribution in [2.24, 2.45) is 0 Å². The van der Waals surface area contributed by atoms with Gasteiger partial charge in [0.1, 0.15) is 5.69 Å². The number of hydrogen-bond acceptors (Lipinski definition) is 4. The predicted octanol–water partition coefficient (Wildman–Crippen LogP) is 2.44. The van der Waals surface area contributed by atoms with E-state index in [2.05, 4.69) is 10.3 Å². The molecule has 0 aliphatic rings. The third kappa shape index (κ3) is 3.66. The van der Waals surface area contributed by atoms with E-state index in [4.69, 9.17) is 0 Å². The van der Waals surface area contributed by atoms with Gasteiger partial charge in [0.15, 0.2) is 9.84 Å². The molecule has 0 bridgehead atoms. The van der Waals surface area contributed by atoms with Gasteiger partial charge in [0, 0.05) is 11.4 Å². The minimum Gasteiger partial charge on any atom is -0.321 e. The maximum absolute atomic E-state index is 12.0. The molecule has 21 heavy (non-hydrogen) atoms. The highest BCUT2D eigenvalue weighted by Crippen LogP contribution is 2.16. The summed E-state index contributed by atoms with van der Waals surface area (Å²) in [4.78, 5) is 16.4. The SMILES string of the molecule is CCS(=O)(=O)c1ccc(NC(=O)c2cccc(C)n2)cc1. The fourth-order valence-electron chi connectivity index (χ4n) is 1.78. The Hall–Kier alpha value is -2.21. The predicted molar refractivity (Wildman–Crippen MR) is 81.1 cm³/mol. The molecule has 2 rings (SSSR count). The van der Waals surface area contributed by atoms with Crippen molar-refractivity contribution in [2.45, 2.75) is 18.7 Å². The first-order chi connectivity index (χ1) is 9.92. The van der Waals surface area contributed by atoms with Crippen LogP contribution in [0.2, 0.25) is 0 Å². The fourth-order valence-corrected chi connectivity index (χ4v) is 2.66. The van der Waals surface area contributed by atoms with Crippen molar-refractivity contribution in [1.29, 1.82) is 0 Å². The van der Waals surface area contributed by atoms with E-state index >= 15 is 0 Å². The molecular formula is C15H16N2O3S. The van der Waals surface area contributed by atoms with Gasteiger partial charge in [-0.2, -0.15) is 0 Å². The van der Waals surface area contributed by atoms with Crippen LogP contribution in [0.3, 0.4) is 0 Å². The van der Waals surface area contributed by atoms with Crippen LogP contribution in [0.4, 0.5) is 5.69 Å². The largest absolute Gasteiger partial charge is 0.321 e. The van der Waals surface area contributed by atoms with E-state index in [9.17, 15) is 13.2 Å². The smallest absolute Gasteiger partial charge is 0.274 e. The summed E-state index contributed by atoms with van der Waals surface area (Å²) in [5.41, 5.74) is 1.60. The van der Waals surface area contributed by atoms with Gasteiger partial charge >= 0.3 is 0 Å². The van der Waals surface area contributed by atoms with E-state index in [0.717, 1.165) is 5.69 Å². The van der Waals surface area contributed by atoms with Gasteiger partial charge in [-0.3, -0.25) is 4.79 Å². The van der Waals surface area contributed by atoms with Gasteiger partial charge in [0.05, 0.1) is 10.6 Å². The zero-order valence-electron chi connectivity index (χ0n) is 11.8. The van der Waals surface area contributed by atoms with Crippen LogP contribution >= 0.6 is 0 Å². The summed E-state index contributed by atoms with van der Waals surface area (Å²) in [6.45, 7) is 3.40. The Bertz CT molecular complexity index is 753. The van der Waals surface area contributed by atoms with E-state index in [1.807, 2.05) is 0 Å².